The minimum atomic E-state index is 0.816. The molecule has 0 amide bonds. The first kappa shape index (κ1) is 14.6. The van der Waals surface area contributed by atoms with Gasteiger partial charge in [-0.3, -0.25) is 9.38 Å². The molecule has 4 heterocycles. The molecule has 0 radical (unpaired) electrons. The van der Waals surface area contributed by atoms with Gasteiger partial charge in [-0.05, 0) is 18.2 Å². The number of benzene rings is 2. The lowest BCUT2D eigenvalue weighted by Crippen LogP contribution is -1.84. The van der Waals surface area contributed by atoms with E-state index >= 15 is 0 Å². The molecule has 0 spiro atoms. The maximum absolute atomic E-state index is 4.79. The molecule has 6 aromatic rings. The van der Waals surface area contributed by atoms with Crippen molar-refractivity contribution in [3.05, 3.63) is 72.5 Å². The Morgan fingerprint density at radius 3 is 2.85 bits per heavy atom. The highest BCUT2D eigenvalue weighted by Gasteiger charge is 2.13. The smallest absolute Gasteiger partial charge is 0.194 e. The Morgan fingerprint density at radius 1 is 0.963 bits per heavy atom. The second-order valence-corrected chi connectivity index (χ2v) is 7.29. The number of imidazole rings is 2. The Kier molecular flexibility index (Phi) is 2.98. The number of rotatable bonds is 2. The predicted molar refractivity (Wildman–Crippen MR) is 109 cm³/mol. The molecule has 0 fully saturated rings. The number of hydrogen-bond donors (Lipinski definition) is 1. The lowest BCUT2D eigenvalue weighted by Gasteiger charge is -2.00. The molecule has 128 valence electrons. The summed E-state index contributed by atoms with van der Waals surface area (Å²) >= 11 is 1.63. The van der Waals surface area contributed by atoms with Crippen molar-refractivity contribution < 1.29 is 0 Å². The van der Waals surface area contributed by atoms with Gasteiger partial charge in [0.1, 0.15) is 5.82 Å². The fraction of sp³-hybridized carbons (Fsp3) is 0. The van der Waals surface area contributed by atoms with Crippen molar-refractivity contribution in [2.75, 3.05) is 0 Å². The van der Waals surface area contributed by atoms with E-state index in [1.54, 1.807) is 11.3 Å². The first-order chi connectivity index (χ1) is 13.3. The van der Waals surface area contributed by atoms with Crippen LogP contribution in [0.2, 0.25) is 0 Å². The van der Waals surface area contributed by atoms with Gasteiger partial charge < -0.3 is 4.98 Å². The Hall–Kier alpha value is -3.51. The van der Waals surface area contributed by atoms with E-state index in [9.17, 15) is 0 Å². The number of fused-ring (bicyclic) bond motifs is 3. The van der Waals surface area contributed by atoms with E-state index in [1.165, 1.54) is 0 Å². The van der Waals surface area contributed by atoms with Crippen LogP contribution in [-0.4, -0.2) is 24.3 Å². The van der Waals surface area contributed by atoms with E-state index in [0.29, 0.717) is 0 Å². The molecule has 0 bridgehead atoms. The summed E-state index contributed by atoms with van der Waals surface area (Å²) < 4.78 is 2.05. The van der Waals surface area contributed by atoms with Crippen LogP contribution in [0, 0.1) is 0 Å². The van der Waals surface area contributed by atoms with E-state index in [1.807, 2.05) is 52.5 Å². The van der Waals surface area contributed by atoms with Gasteiger partial charge in [0.15, 0.2) is 4.96 Å². The molecule has 5 nitrogen and oxygen atoms in total. The molecule has 0 saturated heterocycles. The number of nitrogens with one attached hydrogen (secondary N) is 1. The van der Waals surface area contributed by atoms with Crippen LogP contribution in [0.15, 0.2) is 72.5 Å². The number of hydrogen-bond acceptors (Lipinski definition) is 4. The van der Waals surface area contributed by atoms with Gasteiger partial charge in [0.05, 0.1) is 22.2 Å². The molecule has 0 aliphatic carbocycles. The molecule has 1 N–H and O–H groups in total. The highest BCUT2D eigenvalue weighted by molar-refractivity contribution is 7.15. The molecule has 2 aromatic carbocycles. The first-order valence-corrected chi connectivity index (χ1v) is 9.50. The predicted octanol–water partition coefficient (Wildman–Crippen LogP) is 5.15. The molecule has 4 aromatic heterocycles. The minimum Gasteiger partial charge on any atom is -0.337 e. The van der Waals surface area contributed by atoms with Crippen LogP contribution in [-0.2, 0) is 0 Å². The maximum Gasteiger partial charge on any atom is 0.194 e. The molecular weight excluding hydrogens is 354 g/mol. The molecule has 0 atom stereocenters. The van der Waals surface area contributed by atoms with Gasteiger partial charge in [-0.15, -0.1) is 11.3 Å². The zero-order chi connectivity index (χ0) is 17.8. The number of nitrogens with zero attached hydrogens (tertiary/aromatic N) is 4. The van der Waals surface area contributed by atoms with E-state index in [-0.39, 0.29) is 0 Å². The molecule has 0 saturated carbocycles. The van der Waals surface area contributed by atoms with Gasteiger partial charge in [0, 0.05) is 40.5 Å². The van der Waals surface area contributed by atoms with Gasteiger partial charge in [0.2, 0.25) is 0 Å². The Bertz CT molecular complexity index is 1410. The average Bonchev–Trinajstić information content (AvgIpc) is 3.41. The molecule has 6 rings (SSSR count). The fourth-order valence-corrected chi connectivity index (χ4v) is 4.14. The van der Waals surface area contributed by atoms with E-state index in [2.05, 4.69) is 34.4 Å². The van der Waals surface area contributed by atoms with Crippen molar-refractivity contribution in [3.8, 4) is 22.6 Å². The topological polar surface area (TPSA) is 58.9 Å². The largest absolute Gasteiger partial charge is 0.337 e. The summed E-state index contributed by atoms with van der Waals surface area (Å²) in [5.41, 5.74) is 5.87. The van der Waals surface area contributed by atoms with Crippen molar-refractivity contribution in [1.29, 1.82) is 0 Å². The van der Waals surface area contributed by atoms with Gasteiger partial charge in [-0.1, -0.05) is 30.3 Å². The van der Waals surface area contributed by atoms with Crippen molar-refractivity contribution >= 4 is 38.2 Å². The SMILES string of the molecule is c1ccc2ncc(-c3nc4cccc(-c5cn6ccsc6n5)c4[nH]3)cc2c1. The third-order valence-corrected chi connectivity index (χ3v) is 5.52. The number of para-hydroxylation sites is 2. The Morgan fingerprint density at radius 2 is 1.89 bits per heavy atom. The van der Waals surface area contributed by atoms with Gasteiger partial charge >= 0.3 is 0 Å². The highest BCUT2D eigenvalue weighted by Crippen LogP contribution is 2.30. The summed E-state index contributed by atoms with van der Waals surface area (Å²) in [5, 5.41) is 3.14. The van der Waals surface area contributed by atoms with E-state index in [0.717, 1.165) is 49.5 Å². The van der Waals surface area contributed by atoms with Crippen molar-refractivity contribution in [3.63, 3.8) is 0 Å². The highest BCUT2D eigenvalue weighted by atomic mass is 32.1. The maximum atomic E-state index is 4.79. The number of aromatic amines is 1. The molecule has 6 heteroatoms. The summed E-state index contributed by atoms with van der Waals surface area (Å²) in [7, 11) is 0. The van der Waals surface area contributed by atoms with Crippen LogP contribution >= 0.6 is 11.3 Å². The van der Waals surface area contributed by atoms with E-state index in [4.69, 9.17) is 9.97 Å². The normalized spacial score (nSPS) is 11.7. The van der Waals surface area contributed by atoms with Crippen LogP contribution in [0.1, 0.15) is 0 Å². The fourth-order valence-electron chi connectivity index (χ4n) is 3.44. The average molecular weight is 367 g/mol. The van der Waals surface area contributed by atoms with E-state index < -0.39 is 0 Å². The summed E-state index contributed by atoms with van der Waals surface area (Å²) in [6.07, 6.45) is 5.95. The zero-order valence-electron chi connectivity index (χ0n) is 14.1. The number of aromatic nitrogens is 5. The standard InChI is InChI=1S/C21H13N5S/c1-2-6-16-13(4-1)10-14(11-22-16)20-23-17-7-3-5-15(19(17)25-20)18-12-26-8-9-27-21(26)24-18/h1-12H,(H,23,25). The monoisotopic (exact) mass is 367 g/mol. The summed E-state index contributed by atoms with van der Waals surface area (Å²) in [5.74, 6) is 0.816. The van der Waals surface area contributed by atoms with Crippen LogP contribution < -0.4 is 0 Å². The number of thiazole rings is 1. The van der Waals surface area contributed by atoms with Gasteiger partial charge in [0.25, 0.3) is 0 Å². The Balaban J connectivity index is 1.53. The van der Waals surface area contributed by atoms with Gasteiger partial charge in [-0.2, -0.15) is 0 Å². The molecule has 0 aliphatic rings. The summed E-state index contributed by atoms with van der Waals surface area (Å²) in [6, 6.07) is 16.3. The van der Waals surface area contributed by atoms with Crippen molar-refractivity contribution in [1.82, 2.24) is 24.3 Å². The van der Waals surface area contributed by atoms with Crippen molar-refractivity contribution in [2.24, 2.45) is 0 Å². The minimum absolute atomic E-state index is 0.816. The summed E-state index contributed by atoms with van der Waals surface area (Å²) in [4.78, 5) is 18.6. The Labute approximate surface area is 158 Å². The van der Waals surface area contributed by atoms with Crippen LogP contribution in [0.4, 0.5) is 0 Å². The van der Waals surface area contributed by atoms with Crippen molar-refractivity contribution in [2.45, 2.75) is 0 Å². The number of H-pyrrole nitrogens is 1. The van der Waals surface area contributed by atoms with Crippen LogP contribution in [0.5, 0.6) is 0 Å². The first-order valence-electron chi connectivity index (χ1n) is 8.62. The molecule has 27 heavy (non-hydrogen) atoms. The third-order valence-electron chi connectivity index (χ3n) is 4.75. The second kappa shape index (κ2) is 5.49. The lowest BCUT2D eigenvalue weighted by atomic mass is 10.1. The number of pyridine rings is 1. The van der Waals surface area contributed by atoms with Gasteiger partial charge in [-0.25, -0.2) is 9.97 Å². The second-order valence-electron chi connectivity index (χ2n) is 6.42. The lowest BCUT2D eigenvalue weighted by molar-refractivity contribution is 1.23. The molecule has 0 aliphatic heterocycles. The quantitative estimate of drug-likeness (QED) is 0.460. The zero-order valence-corrected chi connectivity index (χ0v) is 14.9. The van der Waals surface area contributed by atoms with Crippen LogP contribution in [0.25, 0.3) is 49.5 Å². The molecule has 0 unspecified atom stereocenters. The third kappa shape index (κ3) is 2.27. The molecular formula is C21H13N5S. The summed E-state index contributed by atoms with van der Waals surface area (Å²) in [6.45, 7) is 0. The van der Waals surface area contributed by atoms with Crippen LogP contribution in [0.3, 0.4) is 0 Å².